The van der Waals surface area contributed by atoms with Crippen molar-refractivity contribution in [1.82, 2.24) is 20.1 Å². The number of aliphatic hydroxyl groups excluding tert-OH is 1. The third-order valence-corrected chi connectivity index (χ3v) is 1.78. The van der Waals surface area contributed by atoms with E-state index in [2.05, 4.69) is 10.1 Å². The molecule has 1 heterocycles. The summed E-state index contributed by atoms with van der Waals surface area (Å²) in [4.78, 5) is 23.5. The molecule has 0 saturated carbocycles. The van der Waals surface area contributed by atoms with Crippen molar-refractivity contribution in [2.45, 2.75) is 12.5 Å². The maximum Gasteiger partial charge on any atom is 0.490 e. The number of aliphatic hydroxyl groups is 1. The number of nitrogens with one attached hydrogen (secondary N) is 1. The third kappa shape index (κ3) is 3.41. The van der Waals surface area contributed by atoms with Crippen molar-refractivity contribution in [3.05, 3.63) is 16.4 Å². The van der Waals surface area contributed by atoms with Crippen LogP contribution in [0.4, 0.5) is 14.7 Å². The van der Waals surface area contributed by atoms with E-state index >= 15 is 0 Å². The molecule has 0 saturated heterocycles. The van der Waals surface area contributed by atoms with Gasteiger partial charge in [0.05, 0.1) is 6.61 Å². The van der Waals surface area contributed by atoms with E-state index in [-0.39, 0.29) is 6.54 Å². The predicted octanol–water partition coefficient (Wildman–Crippen LogP) is -1.07. The van der Waals surface area contributed by atoms with Gasteiger partial charge in [0.1, 0.15) is 6.54 Å². The van der Waals surface area contributed by atoms with Crippen molar-refractivity contribution in [2.24, 2.45) is 0 Å². The van der Waals surface area contributed by atoms with Gasteiger partial charge in [-0.05, 0) is 4.92 Å². The van der Waals surface area contributed by atoms with Crippen LogP contribution in [0.15, 0.2) is 6.33 Å². The minimum Gasteiger partial charge on any atom is -0.395 e. The van der Waals surface area contributed by atoms with Crippen LogP contribution in [0.25, 0.3) is 0 Å². The number of alkyl halides is 2. The number of rotatable bonds is 6. The second-order valence-corrected chi connectivity index (χ2v) is 3.18. The molecule has 9 nitrogen and oxygen atoms in total. The fourth-order valence-corrected chi connectivity index (χ4v) is 1.02. The first-order chi connectivity index (χ1) is 8.36. The van der Waals surface area contributed by atoms with Crippen LogP contribution in [0.5, 0.6) is 0 Å². The van der Waals surface area contributed by atoms with Crippen LogP contribution in [0.1, 0.15) is 0 Å². The molecule has 0 unspecified atom stereocenters. The Bertz CT molecular complexity index is 449. The van der Waals surface area contributed by atoms with Crippen LogP contribution < -0.4 is 5.32 Å². The lowest BCUT2D eigenvalue weighted by Crippen LogP contribution is -2.44. The molecule has 0 aliphatic carbocycles. The highest BCUT2D eigenvalue weighted by molar-refractivity contribution is 5.83. The summed E-state index contributed by atoms with van der Waals surface area (Å²) in [5.74, 6) is -6.24. The molecule has 0 aromatic carbocycles. The van der Waals surface area contributed by atoms with Gasteiger partial charge in [0.15, 0.2) is 0 Å². The molecule has 11 heteroatoms. The summed E-state index contributed by atoms with van der Waals surface area (Å²) in [6.07, 6.45) is 0.728. The molecule has 1 aromatic rings. The van der Waals surface area contributed by atoms with Crippen LogP contribution in [0.3, 0.4) is 0 Å². The van der Waals surface area contributed by atoms with Crippen molar-refractivity contribution in [2.75, 3.05) is 13.2 Å². The average Bonchev–Trinajstić information content (AvgIpc) is 2.73. The van der Waals surface area contributed by atoms with Crippen molar-refractivity contribution in [3.8, 4) is 0 Å². The number of hydrogen-bond acceptors (Lipinski definition) is 6. The Hall–Kier alpha value is -2.17. The number of hydrogen-bond donors (Lipinski definition) is 2. The highest BCUT2D eigenvalue weighted by Crippen LogP contribution is 2.16. The minimum atomic E-state index is -3.81. The number of nitro groups is 1. The maximum atomic E-state index is 13.3. The monoisotopic (exact) mass is 265 g/mol. The van der Waals surface area contributed by atoms with E-state index in [1.54, 1.807) is 5.32 Å². The molecule has 0 fully saturated rings. The number of nitrogens with zero attached hydrogens (tertiary/aromatic N) is 4. The first-order valence-electron chi connectivity index (χ1n) is 4.67. The molecule has 100 valence electrons. The average molecular weight is 265 g/mol. The molecular formula is C7H9F2N5O4. The van der Waals surface area contributed by atoms with Crippen molar-refractivity contribution < 1.29 is 23.6 Å². The lowest BCUT2D eigenvalue weighted by atomic mass is 10.3. The minimum absolute atomic E-state index is 0.314. The Morgan fingerprint density at radius 3 is 2.83 bits per heavy atom. The number of amides is 1. The van der Waals surface area contributed by atoms with Gasteiger partial charge in [-0.2, -0.15) is 13.5 Å². The van der Waals surface area contributed by atoms with Crippen molar-refractivity contribution in [1.29, 1.82) is 0 Å². The van der Waals surface area contributed by atoms with Crippen LogP contribution in [-0.2, 0) is 11.3 Å². The number of halogens is 2. The van der Waals surface area contributed by atoms with Gasteiger partial charge in [0, 0.05) is 11.6 Å². The highest BCUT2D eigenvalue weighted by Gasteiger charge is 2.40. The van der Waals surface area contributed by atoms with Gasteiger partial charge in [0.2, 0.25) is 6.33 Å². The molecule has 0 aliphatic heterocycles. The van der Waals surface area contributed by atoms with Crippen LogP contribution >= 0.6 is 0 Å². The van der Waals surface area contributed by atoms with Gasteiger partial charge in [-0.3, -0.25) is 4.79 Å². The number of aromatic nitrogens is 3. The van der Waals surface area contributed by atoms with Gasteiger partial charge in [-0.15, -0.1) is 0 Å². The highest BCUT2D eigenvalue weighted by atomic mass is 19.3. The molecule has 18 heavy (non-hydrogen) atoms. The molecule has 1 aromatic heterocycles. The second-order valence-electron chi connectivity index (χ2n) is 3.18. The summed E-state index contributed by atoms with van der Waals surface area (Å²) >= 11 is 0. The zero-order valence-corrected chi connectivity index (χ0v) is 8.92. The number of carbonyl (C=O) groups is 1. The van der Waals surface area contributed by atoms with E-state index in [4.69, 9.17) is 5.11 Å². The standard InChI is InChI=1S/C7H9F2N5O4/c8-7(9,5(16)10-1-2-15)3-13-4-11-6(12-13)14(17)18/h4,15H,1-3H2,(H,10,16). The van der Waals surface area contributed by atoms with Crippen LogP contribution in [0, 0.1) is 10.1 Å². The third-order valence-electron chi connectivity index (χ3n) is 1.78. The van der Waals surface area contributed by atoms with E-state index in [1.165, 1.54) is 0 Å². The van der Waals surface area contributed by atoms with Gasteiger partial charge in [0.25, 0.3) is 5.91 Å². The maximum absolute atomic E-state index is 13.3. The lowest BCUT2D eigenvalue weighted by Gasteiger charge is -2.13. The summed E-state index contributed by atoms with van der Waals surface area (Å²) in [5.41, 5.74) is 0. The smallest absolute Gasteiger partial charge is 0.395 e. The molecule has 0 radical (unpaired) electrons. The second kappa shape index (κ2) is 5.44. The molecule has 0 spiro atoms. The van der Waals surface area contributed by atoms with E-state index in [1.807, 2.05) is 0 Å². The Morgan fingerprint density at radius 2 is 2.33 bits per heavy atom. The van der Waals surface area contributed by atoms with E-state index in [0.29, 0.717) is 4.68 Å². The number of carbonyl (C=O) groups excluding carboxylic acids is 1. The fourth-order valence-electron chi connectivity index (χ4n) is 1.02. The summed E-state index contributed by atoms with van der Waals surface area (Å²) < 4.78 is 27.1. The molecule has 0 aliphatic rings. The lowest BCUT2D eigenvalue weighted by molar-refractivity contribution is -0.394. The van der Waals surface area contributed by atoms with E-state index in [9.17, 15) is 23.7 Å². The van der Waals surface area contributed by atoms with Crippen molar-refractivity contribution >= 4 is 11.9 Å². The quantitative estimate of drug-likeness (QED) is 0.498. The summed E-state index contributed by atoms with van der Waals surface area (Å²) in [6, 6.07) is 0. The zero-order valence-electron chi connectivity index (χ0n) is 8.92. The molecule has 1 rings (SSSR count). The normalized spacial score (nSPS) is 11.3. The Kier molecular flexibility index (Phi) is 4.20. The van der Waals surface area contributed by atoms with Crippen LogP contribution in [-0.4, -0.2) is 49.8 Å². The summed E-state index contributed by atoms with van der Waals surface area (Å²) in [6.45, 7) is -1.96. The SMILES string of the molecule is O=C(NCCO)C(F)(F)Cn1cnc([N+](=O)[O-])n1. The topological polar surface area (TPSA) is 123 Å². The Morgan fingerprint density at radius 1 is 1.67 bits per heavy atom. The van der Waals surface area contributed by atoms with Gasteiger partial charge in [-0.1, -0.05) is 4.98 Å². The van der Waals surface area contributed by atoms with Gasteiger partial charge >= 0.3 is 11.9 Å². The molecule has 2 N–H and O–H groups in total. The van der Waals surface area contributed by atoms with Gasteiger partial charge < -0.3 is 20.5 Å². The molecule has 0 atom stereocenters. The summed E-state index contributed by atoms with van der Waals surface area (Å²) in [7, 11) is 0. The molecule has 1 amide bonds. The van der Waals surface area contributed by atoms with E-state index in [0.717, 1.165) is 6.33 Å². The largest absolute Gasteiger partial charge is 0.490 e. The Labute approximate surface area is 98.6 Å². The predicted molar refractivity (Wildman–Crippen MR) is 51.7 cm³/mol. The van der Waals surface area contributed by atoms with Crippen LogP contribution in [0.2, 0.25) is 0 Å². The Balaban J connectivity index is 2.68. The first-order valence-corrected chi connectivity index (χ1v) is 4.67. The van der Waals surface area contributed by atoms with E-state index < -0.39 is 35.9 Å². The van der Waals surface area contributed by atoms with Crippen molar-refractivity contribution in [3.63, 3.8) is 0 Å². The van der Waals surface area contributed by atoms with Gasteiger partial charge in [-0.25, -0.2) is 0 Å². The summed E-state index contributed by atoms with van der Waals surface area (Å²) in [5, 5.41) is 23.5. The fraction of sp³-hybridized carbons (Fsp3) is 0.571. The molecular weight excluding hydrogens is 256 g/mol. The first kappa shape index (κ1) is 13.9. The zero-order chi connectivity index (χ0) is 13.8. The molecule has 0 bridgehead atoms.